The Balaban J connectivity index is 1.38. The van der Waals surface area contributed by atoms with Crippen LogP contribution >= 0.6 is 11.3 Å². The number of aromatic nitrogens is 3. The van der Waals surface area contributed by atoms with Gasteiger partial charge in [0.2, 0.25) is 5.91 Å². The molecule has 2 aliphatic heterocycles. The van der Waals surface area contributed by atoms with E-state index in [4.69, 9.17) is 4.74 Å². The number of hydrogen-bond donors (Lipinski definition) is 2. The van der Waals surface area contributed by atoms with Crippen molar-refractivity contribution in [1.29, 1.82) is 5.26 Å². The molecule has 6 rings (SSSR count). The fraction of sp³-hybridized carbons (Fsp3) is 0.464. The minimum Gasteiger partial charge on any atom is -0.469 e. The number of thiophene rings is 1. The first-order valence-corrected chi connectivity index (χ1v) is 14.1. The maximum Gasteiger partial charge on any atom is 0.311 e. The first-order chi connectivity index (χ1) is 19.0. The number of amides is 1. The molecule has 1 amide bonds. The number of fused-ring (bicyclic) bond motifs is 2. The average Bonchev–Trinajstić information content (AvgIpc) is 3.70. The van der Waals surface area contributed by atoms with Crippen LogP contribution in [0.25, 0.3) is 10.6 Å². The molecule has 2 N–H and O–H groups in total. The van der Waals surface area contributed by atoms with Crippen molar-refractivity contribution in [3.8, 4) is 16.8 Å². The van der Waals surface area contributed by atoms with E-state index in [1.54, 1.807) is 20.9 Å². The maximum atomic E-state index is 14.0. The van der Waals surface area contributed by atoms with E-state index in [0.717, 1.165) is 21.8 Å². The number of carbonyl (C=O) groups excluding carboxylic acids is 2. The molecule has 1 aromatic carbocycles. The predicted octanol–water partition coefficient (Wildman–Crippen LogP) is 3.02. The smallest absolute Gasteiger partial charge is 0.311 e. The molecule has 2 aromatic heterocycles. The van der Waals surface area contributed by atoms with Crippen LogP contribution in [0.3, 0.4) is 0 Å². The minimum absolute atomic E-state index is 0.0498. The van der Waals surface area contributed by atoms with E-state index in [1.807, 2.05) is 48.0 Å². The molecule has 1 saturated carbocycles. The van der Waals surface area contributed by atoms with E-state index in [2.05, 4.69) is 21.8 Å². The number of aryl methyl sites for hydroxylation is 1. The zero-order chi connectivity index (χ0) is 27.1. The summed E-state index contributed by atoms with van der Waals surface area (Å²) in [6, 6.07) is 11.0. The van der Waals surface area contributed by atoms with Gasteiger partial charge in [0.15, 0.2) is 6.19 Å². The van der Waals surface area contributed by atoms with Crippen LogP contribution in [-0.2, 0) is 26.3 Å². The highest BCUT2D eigenvalue weighted by atomic mass is 32.1. The lowest BCUT2D eigenvalue weighted by Crippen LogP contribution is -2.61. The van der Waals surface area contributed by atoms with Crippen molar-refractivity contribution in [2.45, 2.75) is 49.8 Å². The van der Waals surface area contributed by atoms with E-state index in [1.165, 1.54) is 7.11 Å². The minimum atomic E-state index is -1.06. The Hall–Kier alpha value is -3.75. The molecule has 0 radical (unpaired) electrons. The second kappa shape index (κ2) is 10.1. The lowest BCUT2D eigenvalue weighted by molar-refractivity contribution is -0.160. The summed E-state index contributed by atoms with van der Waals surface area (Å²) in [4.78, 5) is 29.5. The molecule has 11 heteroatoms. The summed E-state index contributed by atoms with van der Waals surface area (Å²) in [6.07, 6.45) is 5.43. The molecule has 0 bridgehead atoms. The van der Waals surface area contributed by atoms with Gasteiger partial charge in [-0.15, -0.1) is 16.4 Å². The largest absolute Gasteiger partial charge is 0.469 e. The van der Waals surface area contributed by atoms with Crippen LogP contribution in [0.4, 0.5) is 5.69 Å². The summed E-state index contributed by atoms with van der Waals surface area (Å²) >= 11 is 1.58. The number of benzene rings is 1. The molecule has 6 atom stereocenters. The van der Waals surface area contributed by atoms with Crippen LogP contribution in [0.2, 0.25) is 0 Å². The zero-order valence-corrected chi connectivity index (χ0v) is 22.4. The van der Waals surface area contributed by atoms with Crippen LogP contribution in [0.5, 0.6) is 0 Å². The lowest BCUT2D eigenvalue weighted by Gasteiger charge is -2.52. The average molecular weight is 547 g/mol. The molecule has 10 nitrogen and oxygen atoms in total. The van der Waals surface area contributed by atoms with Crippen molar-refractivity contribution in [1.82, 2.24) is 19.9 Å². The Kier molecular flexibility index (Phi) is 6.61. The van der Waals surface area contributed by atoms with Crippen LogP contribution in [0, 0.1) is 29.2 Å². The Morgan fingerprint density at radius 1 is 1.31 bits per heavy atom. The number of ether oxygens (including phenoxy) is 1. The fourth-order valence-corrected chi connectivity index (χ4v) is 7.73. The van der Waals surface area contributed by atoms with Crippen LogP contribution in [0.1, 0.15) is 31.2 Å². The number of para-hydroxylation sites is 1. The SMILES string of the molecule is COC(=O)[C@@H]1[C@H]2C[C@@H]([C@@]3(CCn4cc(-c5cccs5)nn4)C(=O)Nc4ccccc43)N(C#N)C[C@@H]2CC[C@@H]1O. The van der Waals surface area contributed by atoms with Gasteiger partial charge >= 0.3 is 5.97 Å². The number of hydrogen-bond acceptors (Lipinski definition) is 9. The molecule has 0 spiro atoms. The predicted molar refractivity (Wildman–Crippen MR) is 143 cm³/mol. The van der Waals surface area contributed by atoms with E-state index < -0.39 is 29.4 Å². The Labute approximate surface area is 230 Å². The number of nitriles is 1. The quantitative estimate of drug-likeness (QED) is 0.356. The third-order valence-corrected chi connectivity index (χ3v) is 9.79. The van der Waals surface area contributed by atoms with Crippen LogP contribution in [0.15, 0.2) is 48.0 Å². The number of carbonyl (C=O) groups is 2. The molecule has 39 heavy (non-hydrogen) atoms. The number of aliphatic hydroxyl groups is 1. The summed E-state index contributed by atoms with van der Waals surface area (Å²) in [5, 5.41) is 34.8. The third kappa shape index (κ3) is 4.19. The summed E-state index contributed by atoms with van der Waals surface area (Å²) in [5.41, 5.74) is 1.28. The van der Waals surface area contributed by atoms with Crippen LogP contribution in [-0.4, -0.2) is 62.7 Å². The molecule has 4 heterocycles. The van der Waals surface area contributed by atoms with Gasteiger partial charge < -0.3 is 20.1 Å². The van der Waals surface area contributed by atoms with E-state index in [9.17, 15) is 20.0 Å². The van der Waals surface area contributed by atoms with Gasteiger partial charge in [-0.05, 0) is 60.6 Å². The van der Waals surface area contributed by atoms with Gasteiger partial charge in [-0.1, -0.05) is 29.5 Å². The highest BCUT2D eigenvalue weighted by molar-refractivity contribution is 7.13. The number of aliphatic hydroxyl groups excluding tert-OH is 1. The number of anilines is 1. The van der Waals surface area contributed by atoms with Crippen molar-refractivity contribution in [2.75, 3.05) is 19.0 Å². The third-order valence-electron chi connectivity index (χ3n) is 8.90. The zero-order valence-electron chi connectivity index (χ0n) is 21.6. The Morgan fingerprint density at radius 2 is 2.15 bits per heavy atom. The number of nitrogens with one attached hydrogen (secondary N) is 1. The Bertz CT molecular complexity index is 1420. The summed E-state index contributed by atoms with van der Waals surface area (Å²) in [6.45, 7) is 0.835. The molecule has 3 aliphatic rings. The van der Waals surface area contributed by atoms with Crippen molar-refractivity contribution in [2.24, 2.45) is 17.8 Å². The van der Waals surface area contributed by atoms with Crippen molar-refractivity contribution < 1.29 is 19.4 Å². The van der Waals surface area contributed by atoms with Gasteiger partial charge in [-0.25, -0.2) is 0 Å². The molecular weight excluding hydrogens is 516 g/mol. The van der Waals surface area contributed by atoms with E-state index in [-0.39, 0.29) is 17.7 Å². The van der Waals surface area contributed by atoms with Gasteiger partial charge in [-0.2, -0.15) is 5.26 Å². The van der Waals surface area contributed by atoms with Crippen molar-refractivity contribution >= 4 is 28.9 Å². The van der Waals surface area contributed by atoms with Crippen molar-refractivity contribution in [3.63, 3.8) is 0 Å². The van der Waals surface area contributed by atoms with Gasteiger partial charge in [0.1, 0.15) is 5.69 Å². The normalized spacial score (nSPS) is 29.7. The van der Waals surface area contributed by atoms with E-state index in [0.29, 0.717) is 38.8 Å². The standard InChI is InChI=1S/C28H30N6O4S/c1-38-26(36)25-18-13-24(33(16-29)14-17(18)8-9-22(25)35)28(19-5-2-3-6-20(19)30-27(28)37)10-11-34-15-21(31-32-34)23-7-4-12-39-23/h2-7,12,15,17-18,22,24-25,35H,8-11,13-14H2,1H3,(H,30,37)/t17-,18-,22-,24-,25+,28-/m0/s1. The van der Waals surface area contributed by atoms with Gasteiger partial charge in [0.05, 0.1) is 41.7 Å². The molecule has 1 aliphatic carbocycles. The molecule has 202 valence electrons. The fourth-order valence-electron chi connectivity index (χ4n) is 7.05. The van der Waals surface area contributed by atoms with Gasteiger partial charge in [0, 0.05) is 18.8 Å². The Morgan fingerprint density at radius 3 is 2.92 bits per heavy atom. The highest BCUT2D eigenvalue weighted by Crippen LogP contribution is 2.51. The second-order valence-corrected chi connectivity index (χ2v) is 11.6. The first kappa shape index (κ1) is 25.5. The number of rotatable bonds is 6. The number of likely N-dealkylation sites (tertiary alicyclic amines) is 1. The second-order valence-electron chi connectivity index (χ2n) is 10.7. The summed E-state index contributed by atoms with van der Waals surface area (Å²) in [5.74, 6) is -1.44. The summed E-state index contributed by atoms with van der Waals surface area (Å²) < 4.78 is 6.83. The topological polar surface area (TPSA) is 133 Å². The van der Waals surface area contributed by atoms with Crippen molar-refractivity contribution in [3.05, 3.63) is 53.5 Å². The molecule has 2 fully saturated rings. The lowest BCUT2D eigenvalue weighted by atomic mass is 9.60. The highest BCUT2D eigenvalue weighted by Gasteiger charge is 2.58. The molecule has 1 saturated heterocycles. The summed E-state index contributed by atoms with van der Waals surface area (Å²) in [7, 11) is 1.34. The number of esters is 1. The van der Waals surface area contributed by atoms with Gasteiger partial charge in [0.25, 0.3) is 0 Å². The first-order valence-electron chi connectivity index (χ1n) is 13.2. The molecule has 0 unspecified atom stereocenters. The number of nitrogens with zero attached hydrogens (tertiary/aromatic N) is 5. The molecule has 3 aromatic rings. The monoisotopic (exact) mass is 546 g/mol. The number of methoxy groups -OCH3 is 1. The van der Waals surface area contributed by atoms with Gasteiger partial charge in [-0.3, -0.25) is 14.3 Å². The molecular formula is C28H30N6O4S. The van der Waals surface area contributed by atoms with E-state index >= 15 is 0 Å². The maximum absolute atomic E-state index is 14.0. The van der Waals surface area contributed by atoms with Crippen LogP contribution < -0.4 is 5.32 Å². The number of piperidine rings is 1.